The molecule has 0 saturated carbocycles. The van der Waals surface area contributed by atoms with E-state index in [0.29, 0.717) is 17.7 Å². The molecule has 0 unspecified atom stereocenters. The Hall–Kier alpha value is -3.40. The fraction of sp³-hybridized carbons (Fsp3) is 0.0909. The predicted octanol–water partition coefficient (Wildman–Crippen LogP) is 4.66. The number of fused-ring (bicyclic) bond motifs is 1. The Kier molecular flexibility index (Phi) is 4.23. The molecule has 128 valence electrons. The van der Waals surface area contributed by atoms with E-state index < -0.39 is 0 Å². The number of rotatable bonds is 5. The molecule has 3 aromatic carbocycles. The van der Waals surface area contributed by atoms with Crippen LogP contribution in [0.15, 0.2) is 72.8 Å². The second kappa shape index (κ2) is 6.84. The topological polar surface area (TPSA) is 55.0 Å². The number of nitrogens with one attached hydrogen (secondary N) is 1. The maximum atomic E-state index is 12.6. The first kappa shape index (κ1) is 16.1. The van der Waals surface area contributed by atoms with Crippen molar-refractivity contribution in [3.8, 4) is 17.1 Å². The number of benzene rings is 3. The maximum absolute atomic E-state index is 12.6. The largest absolute Gasteiger partial charge is 0.497 e. The molecule has 4 aromatic rings. The Labute approximate surface area is 151 Å². The van der Waals surface area contributed by atoms with Gasteiger partial charge in [0, 0.05) is 17.5 Å². The van der Waals surface area contributed by atoms with Crippen molar-refractivity contribution < 1.29 is 9.53 Å². The Balaban J connectivity index is 1.60. The summed E-state index contributed by atoms with van der Waals surface area (Å²) < 4.78 is 5.19. The van der Waals surface area contributed by atoms with Crippen LogP contribution >= 0.6 is 0 Å². The summed E-state index contributed by atoms with van der Waals surface area (Å²) in [4.78, 5) is 20.5. The van der Waals surface area contributed by atoms with Gasteiger partial charge >= 0.3 is 0 Å². The number of Topliss-reactive ketones (excluding diaryl/α,β-unsaturated/α-hetero) is 1. The third kappa shape index (κ3) is 3.22. The molecule has 0 saturated heterocycles. The molecule has 1 N–H and O–H groups in total. The molecule has 0 spiro atoms. The molecule has 1 heterocycles. The van der Waals surface area contributed by atoms with Gasteiger partial charge < -0.3 is 9.72 Å². The first-order valence-electron chi connectivity index (χ1n) is 8.44. The van der Waals surface area contributed by atoms with Crippen LogP contribution in [-0.4, -0.2) is 22.9 Å². The van der Waals surface area contributed by atoms with E-state index in [0.717, 1.165) is 28.0 Å². The first-order chi connectivity index (χ1) is 12.7. The average molecular weight is 342 g/mol. The third-order valence-corrected chi connectivity index (χ3v) is 4.35. The van der Waals surface area contributed by atoms with Crippen LogP contribution in [0.25, 0.3) is 22.4 Å². The van der Waals surface area contributed by atoms with E-state index in [1.807, 2.05) is 66.7 Å². The zero-order valence-electron chi connectivity index (χ0n) is 14.4. The van der Waals surface area contributed by atoms with Crippen molar-refractivity contribution in [3.63, 3.8) is 0 Å². The molecule has 26 heavy (non-hydrogen) atoms. The quantitative estimate of drug-likeness (QED) is 0.537. The summed E-state index contributed by atoms with van der Waals surface area (Å²) in [5.41, 5.74) is 4.46. The summed E-state index contributed by atoms with van der Waals surface area (Å²) in [6.07, 6.45) is 0.336. The number of hydrogen-bond acceptors (Lipinski definition) is 3. The average Bonchev–Trinajstić information content (AvgIpc) is 3.12. The van der Waals surface area contributed by atoms with Gasteiger partial charge in [0.1, 0.15) is 11.6 Å². The van der Waals surface area contributed by atoms with E-state index in [1.54, 1.807) is 13.2 Å². The van der Waals surface area contributed by atoms with Crippen LogP contribution in [0.5, 0.6) is 5.75 Å². The molecule has 0 amide bonds. The molecule has 0 aliphatic heterocycles. The summed E-state index contributed by atoms with van der Waals surface area (Å²) in [6.45, 7) is 0. The van der Waals surface area contributed by atoms with Gasteiger partial charge in [-0.25, -0.2) is 4.98 Å². The molecule has 4 rings (SSSR count). The predicted molar refractivity (Wildman–Crippen MR) is 103 cm³/mol. The van der Waals surface area contributed by atoms with Crippen LogP contribution in [0.2, 0.25) is 0 Å². The van der Waals surface area contributed by atoms with Crippen molar-refractivity contribution in [3.05, 3.63) is 83.9 Å². The summed E-state index contributed by atoms with van der Waals surface area (Å²) in [6, 6.07) is 23.1. The minimum absolute atomic E-state index is 0.0612. The number of imidazole rings is 1. The van der Waals surface area contributed by atoms with Crippen molar-refractivity contribution in [2.75, 3.05) is 7.11 Å². The molecule has 0 radical (unpaired) electrons. The smallest absolute Gasteiger partial charge is 0.167 e. The maximum Gasteiger partial charge on any atom is 0.167 e. The van der Waals surface area contributed by atoms with Gasteiger partial charge in [-0.05, 0) is 29.8 Å². The lowest BCUT2D eigenvalue weighted by molar-refractivity contribution is 0.0992. The molecule has 0 fully saturated rings. The highest BCUT2D eigenvalue weighted by molar-refractivity contribution is 5.98. The van der Waals surface area contributed by atoms with Gasteiger partial charge in [0.2, 0.25) is 0 Å². The van der Waals surface area contributed by atoms with E-state index in [2.05, 4.69) is 9.97 Å². The van der Waals surface area contributed by atoms with E-state index in [9.17, 15) is 4.79 Å². The van der Waals surface area contributed by atoms with Crippen LogP contribution in [0.3, 0.4) is 0 Å². The van der Waals surface area contributed by atoms with Crippen molar-refractivity contribution in [1.82, 2.24) is 9.97 Å². The Morgan fingerprint density at radius 1 is 1.00 bits per heavy atom. The lowest BCUT2D eigenvalue weighted by Gasteiger charge is -2.04. The minimum Gasteiger partial charge on any atom is -0.497 e. The summed E-state index contributed by atoms with van der Waals surface area (Å²) >= 11 is 0. The summed E-state index contributed by atoms with van der Waals surface area (Å²) in [5.74, 6) is 1.58. The van der Waals surface area contributed by atoms with E-state index >= 15 is 0 Å². The van der Waals surface area contributed by atoms with E-state index in [4.69, 9.17) is 4.74 Å². The molecular formula is C22H18N2O2. The van der Waals surface area contributed by atoms with Crippen LogP contribution in [0.1, 0.15) is 15.9 Å². The van der Waals surface area contributed by atoms with Gasteiger partial charge in [0.05, 0.1) is 18.1 Å². The monoisotopic (exact) mass is 342 g/mol. The standard InChI is InChI=1S/C22H18N2O2/c1-26-18-9-5-8-17(14-18)21(25)13-15-10-11-19-20(12-15)24-22(23-19)16-6-3-2-4-7-16/h2-12,14H,13H2,1H3,(H,23,24). The molecule has 0 aliphatic rings. The SMILES string of the molecule is COc1cccc(C(=O)Cc2ccc3nc(-c4ccccc4)[nH]c3c2)c1. The number of carbonyl (C=O) groups excluding carboxylic acids is 1. The highest BCUT2D eigenvalue weighted by Crippen LogP contribution is 2.22. The fourth-order valence-electron chi connectivity index (χ4n) is 2.98. The second-order valence-electron chi connectivity index (χ2n) is 6.13. The summed E-state index contributed by atoms with van der Waals surface area (Å²) in [7, 11) is 1.60. The zero-order valence-corrected chi connectivity index (χ0v) is 14.4. The highest BCUT2D eigenvalue weighted by atomic mass is 16.5. The lowest BCUT2D eigenvalue weighted by atomic mass is 10.0. The molecule has 1 aromatic heterocycles. The number of aromatic nitrogens is 2. The number of carbonyl (C=O) groups is 1. The number of ketones is 1. The van der Waals surface area contributed by atoms with E-state index in [1.165, 1.54) is 0 Å². The Bertz CT molecular complexity index is 1070. The normalized spacial score (nSPS) is 10.8. The van der Waals surface area contributed by atoms with E-state index in [-0.39, 0.29) is 5.78 Å². The molecule has 4 heteroatoms. The molecule has 0 bridgehead atoms. The third-order valence-electron chi connectivity index (χ3n) is 4.35. The first-order valence-corrected chi connectivity index (χ1v) is 8.44. The number of nitrogens with zero attached hydrogens (tertiary/aromatic N) is 1. The van der Waals surface area contributed by atoms with Crippen molar-refractivity contribution in [1.29, 1.82) is 0 Å². The van der Waals surface area contributed by atoms with Crippen LogP contribution in [0.4, 0.5) is 0 Å². The van der Waals surface area contributed by atoms with Gasteiger partial charge in [0.15, 0.2) is 5.78 Å². The van der Waals surface area contributed by atoms with Crippen LogP contribution < -0.4 is 4.74 Å². The van der Waals surface area contributed by atoms with Gasteiger partial charge in [0.25, 0.3) is 0 Å². The number of ether oxygens (including phenoxy) is 1. The van der Waals surface area contributed by atoms with Crippen LogP contribution in [0, 0.1) is 0 Å². The molecule has 0 aliphatic carbocycles. The minimum atomic E-state index is 0.0612. The number of methoxy groups -OCH3 is 1. The second-order valence-corrected chi connectivity index (χ2v) is 6.13. The summed E-state index contributed by atoms with van der Waals surface area (Å²) in [5, 5.41) is 0. The molecular weight excluding hydrogens is 324 g/mol. The van der Waals surface area contributed by atoms with Gasteiger partial charge in [-0.3, -0.25) is 4.79 Å². The molecule has 0 atom stereocenters. The zero-order chi connectivity index (χ0) is 17.9. The van der Waals surface area contributed by atoms with Crippen LogP contribution in [-0.2, 0) is 6.42 Å². The Morgan fingerprint density at radius 3 is 2.65 bits per heavy atom. The van der Waals surface area contributed by atoms with Crippen molar-refractivity contribution in [2.45, 2.75) is 6.42 Å². The van der Waals surface area contributed by atoms with Gasteiger partial charge in [-0.15, -0.1) is 0 Å². The van der Waals surface area contributed by atoms with Gasteiger partial charge in [-0.2, -0.15) is 0 Å². The van der Waals surface area contributed by atoms with Crippen molar-refractivity contribution >= 4 is 16.8 Å². The number of aromatic amines is 1. The molecule has 4 nitrogen and oxygen atoms in total. The number of H-pyrrole nitrogens is 1. The van der Waals surface area contributed by atoms with Gasteiger partial charge in [-0.1, -0.05) is 48.5 Å². The van der Waals surface area contributed by atoms with Crippen molar-refractivity contribution in [2.24, 2.45) is 0 Å². The highest BCUT2D eigenvalue weighted by Gasteiger charge is 2.10. The number of hydrogen-bond donors (Lipinski definition) is 1. The lowest BCUT2D eigenvalue weighted by Crippen LogP contribution is -2.03. The fourth-order valence-corrected chi connectivity index (χ4v) is 2.98. The Morgan fingerprint density at radius 2 is 1.85 bits per heavy atom.